The maximum atomic E-state index is 10.3. The molecule has 0 aliphatic heterocycles. The summed E-state index contributed by atoms with van der Waals surface area (Å²) in [6.07, 6.45) is 14.5. The fraction of sp³-hybridized carbons (Fsp3) is 0.889. The molecule has 23 heavy (non-hydrogen) atoms. The third-order valence-electron chi connectivity index (χ3n) is 3.99. The molecule has 0 heterocycles. The summed E-state index contributed by atoms with van der Waals surface area (Å²) in [5, 5.41) is 20.3. The molecule has 3 N–H and O–H groups in total. The summed E-state index contributed by atoms with van der Waals surface area (Å²) in [7, 11) is 0. The van der Waals surface area contributed by atoms with Crippen LogP contribution in [-0.2, 0) is 9.59 Å². The first kappa shape index (κ1) is 21.9. The maximum Gasteiger partial charge on any atom is 0.303 e. The van der Waals surface area contributed by atoms with Gasteiger partial charge in [-0.05, 0) is 32.4 Å². The molecule has 0 bridgehead atoms. The molecule has 0 aliphatic rings. The van der Waals surface area contributed by atoms with Crippen LogP contribution in [0.1, 0.15) is 89.9 Å². The van der Waals surface area contributed by atoms with E-state index in [0.29, 0.717) is 12.8 Å². The first-order chi connectivity index (χ1) is 11.1. The SMILES string of the molecule is O=C(O)CCCCCCCCCCCCCNCCCC(=O)O. The summed E-state index contributed by atoms with van der Waals surface area (Å²) in [5.74, 6) is -1.40. The van der Waals surface area contributed by atoms with Gasteiger partial charge in [0.05, 0.1) is 0 Å². The molecule has 0 fully saturated rings. The molecule has 0 spiro atoms. The third kappa shape index (κ3) is 20.9. The highest BCUT2D eigenvalue weighted by Gasteiger charge is 1.97. The highest BCUT2D eigenvalue weighted by Crippen LogP contribution is 2.11. The Morgan fingerprint density at radius 1 is 0.522 bits per heavy atom. The molecular formula is C18H35NO4. The number of rotatable bonds is 18. The smallest absolute Gasteiger partial charge is 0.303 e. The van der Waals surface area contributed by atoms with Crippen molar-refractivity contribution >= 4 is 11.9 Å². The van der Waals surface area contributed by atoms with Gasteiger partial charge in [-0.15, -0.1) is 0 Å². The van der Waals surface area contributed by atoms with Gasteiger partial charge in [0, 0.05) is 12.8 Å². The van der Waals surface area contributed by atoms with Crippen molar-refractivity contribution in [2.45, 2.75) is 89.9 Å². The van der Waals surface area contributed by atoms with Crippen molar-refractivity contribution in [2.24, 2.45) is 0 Å². The molecule has 0 radical (unpaired) electrons. The molecule has 0 aromatic rings. The van der Waals surface area contributed by atoms with Gasteiger partial charge < -0.3 is 15.5 Å². The van der Waals surface area contributed by atoms with Crippen molar-refractivity contribution in [1.29, 1.82) is 0 Å². The minimum Gasteiger partial charge on any atom is -0.481 e. The number of unbranched alkanes of at least 4 members (excludes halogenated alkanes) is 10. The second kappa shape index (κ2) is 17.3. The number of hydrogen-bond acceptors (Lipinski definition) is 3. The van der Waals surface area contributed by atoms with Crippen molar-refractivity contribution in [3.8, 4) is 0 Å². The predicted octanol–water partition coefficient (Wildman–Crippen LogP) is 4.21. The predicted molar refractivity (Wildman–Crippen MR) is 92.8 cm³/mol. The maximum absolute atomic E-state index is 10.3. The van der Waals surface area contributed by atoms with Gasteiger partial charge in [-0.1, -0.05) is 57.8 Å². The van der Waals surface area contributed by atoms with E-state index in [4.69, 9.17) is 10.2 Å². The topological polar surface area (TPSA) is 86.6 Å². The number of hydrogen-bond donors (Lipinski definition) is 3. The lowest BCUT2D eigenvalue weighted by atomic mass is 10.1. The van der Waals surface area contributed by atoms with Crippen molar-refractivity contribution < 1.29 is 19.8 Å². The number of carbonyl (C=O) groups is 2. The summed E-state index contributed by atoms with van der Waals surface area (Å²) < 4.78 is 0. The van der Waals surface area contributed by atoms with Gasteiger partial charge >= 0.3 is 11.9 Å². The van der Waals surface area contributed by atoms with Crippen LogP contribution in [0.4, 0.5) is 0 Å². The van der Waals surface area contributed by atoms with Crippen molar-refractivity contribution in [3.05, 3.63) is 0 Å². The molecule has 0 aromatic heterocycles. The largest absolute Gasteiger partial charge is 0.481 e. The van der Waals surface area contributed by atoms with Crippen molar-refractivity contribution in [3.63, 3.8) is 0 Å². The van der Waals surface area contributed by atoms with Crippen LogP contribution >= 0.6 is 0 Å². The van der Waals surface area contributed by atoms with Gasteiger partial charge in [0.25, 0.3) is 0 Å². The van der Waals surface area contributed by atoms with E-state index < -0.39 is 11.9 Å². The van der Waals surface area contributed by atoms with Gasteiger partial charge in [-0.2, -0.15) is 0 Å². The van der Waals surface area contributed by atoms with Crippen molar-refractivity contribution in [2.75, 3.05) is 13.1 Å². The first-order valence-electron chi connectivity index (χ1n) is 9.27. The third-order valence-corrected chi connectivity index (χ3v) is 3.99. The fourth-order valence-electron chi connectivity index (χ4n) is 2.61. The highest BCUT2D eigenvalue weighted by atomic mass is 16.4. The van der Waals surface area contributed by atoms with Crippen LogP contribution in [-0.4, -0.2) is 35.2 Å². The van der Waals surface area contributed by atoms with E-state index in [1.54, 1.807) is 0 Å². The lowest BCUT2D eigenvalue weighted by Gasteiger charge is -2.04. The molecule has 5 nitrogen and oxygen atoms in total. The van der Waals surface area contributed by atoms with E-state index in [1.807, 2.05) is 0 Å². The molecule has 136 valence electrons. The van der Waals surface area contributed by atoms with Gasteiger partial charge in [0.2, 0.25) is 0 Å². The summed E-state index contributed by atoms with van der Waals surface area (Å²) in [5.41, 5.74) is 0. The second-order valence-electron chi connectivity index (χ2n) is 6.28. The van der Waals surface area contributed by atoms with Crippen LogP contribution in [0, 0.1) is 0 Å². The van der Waals surface area contributed by atoms with E-state index >= 15 is 0 Å². The Kier molecular flexibility index (Phi) is 16.4. The zero-order valence-electron chi connectivity index (χ0n) is 14.5. The van der Waals surface area contributed by atoms with Crippen molar-refractivity contribution in [1.82, 2.24) is 5.32 Å². The standard InChI is InChI=1S/C18H35NO4/c20-17(21)13-10-8-6-4-2-1-3-5-7-9-11-15-19-16-12-14-18(22)23/h19H,1-16H2,(H,20,21)(H,22,23). The molecule has 0 saturated carbocycles. The zero-order valence-corrected chi connectivity index (χ0v) is 14.5. The molecule has 0 amide bonds. The van der Waals surface area contributed by atoms with E-state index in [-0.39, 0.29) is 6.42 Å². The summed E-state index contributed by atoms with van der Waals surface area (Å²) >= 11 is 0. The Morgan fingerprint density at radius 3 is 1.35 bits per heavy atom. The summed E-state index contributed by atoms with van der Waals surface area (Å²) in [4.78, 5) is 20.7. The van der Waals surface area contributed by atoms with Gasteiger partial charge in [-0.25, -0.2) is 0 Å². The number of aliphatic carboxylic acids is 2. The average molecular weight is 329 g/mol. The lowest BCUT2D eigenvalue weighted by Crippen LogP contribution is -2.17. The van der Waals surface area contributed by atoms with Gasteiger partial charge in [-0.3, -0.25) is 9.59 Å². The van der Waals surface area contributed by atoms with E-state index in [2.05, 4.69) is 5.32 Å². The van der Waals surface area contributed by atoms with Crippen LogP contribution in [0.2, 0.25) is 0 Å². The molecule has 0 aliphatic carbocycles. The Morgan fingerprint density at radius 2 is 0.870 bits per heavy atom. The monoisotopic (exact) mass is 329 g/mol. The zero-order chi connectivity index (χ0) is 17.2. The van der Waals surface area contributed by atoms with E-state index in [0.717, 1.165) is 25.9 Å². The molecule has 0 aromatic carbocycles. The molecule has 0 rings (SSSR count). The molecule has 0 unspecified atom stereocenters. The average Bonchev–Trinajstić information content (AvgIpc) is 2.49. The molecular weight excluding hydrogens is 294 g/mol. The number of carboxylic acids is 2. The molecule has 0 atom stereocenters. The van der Waals surface area contributed by atoms with Crippen LogP contribution in [0.15, 0.2) is 0 Å². The minimum atomic E-state index is -0.716. The minimum absolute atomic E-state index is 0.257. The van der Waals surface area contributed by atoms with Crippen LogP contribution < -0.4 is 5.32 Å². The Hall–Kier alpha value is -1.10. The van der Waals surface area contributed by atoms with Crippen LogP contribution in [0.3, 0.4) is 0 Å². The van der Waals surface area contributed by atoms with E-state index in [9.17, 15) is 9.59 Å². The molecule has 0 saturated heterocycles. The number of nitrogens with one attached hydrogen (secondary N) is 1. The van der Waals surface area contributed by atoms with Gasteiger partial charge in [0.1, 0.15) is 0 Å². The molecule has 5 heteroatoms. The first-order valence-corrected chi connectivity index (χ1v) is 9.27. The normalized spacial score (nSPS) is 10.8. The Bertz CT molecular complexity index is 267. The Labute approximate surface area is 140 Å². The lowest BCUT2D eigenvalue weighted by molar-refractivity contribution is -0.138. The van der Waals surface area contributed by atoms with Crippen LogP contribution in [0.25, 0.3) is 0 Å². The quantitative estimate of drug-likeness (QED) is 0.328. The number of carboxylic acid groups (broad SMARTS) is 2. The highest BCUT2D eigenvalue weighted by molar-refractivity contribution is 5.66. The second-order valence-corrected chi connectivity index (χ2v) is 6.28. The Balaban J connectivity index is 3.00. The summed E-state index contributed by atoms with van der Waals surface area (Å²) in [6, 6.07) is 0. The van der Waals surface area contributed by atoms with Gasteiger partial charge in [0.15, 0.2) is 0 Å². The van der Waals surface area contributed by atoms with Crippen LogP contribution in [0.5, 0.6) is 0 Å². The van der Waals surface area contributed by atoms with E-state index in [1.165, 1.54) is 57.8 Å². The fourth-order valence-corrected chi connectivity index (χ4v) is 2.61. The summed E-state index contributed by atoms with van der Waals surface area (Å²) in [6.45, 7) is 1.80.